The molecular weight excluding hydrogens is 320 g/mol. The predicted octanol–water partition coefficient (Wildman–Crippen LogP) is 1.63. The molecule has 1 saturated heterocycles. The second-order valence-electron chi connectivity index (χ2n) is 5.73. The molecule has 0 bridgehead atoms. The summed E-state index contributed by atoms with van der Waals surface area (Å²) in [5, 5.41) is 7.04. The lowest BCUT2D eigenvalue weighted by Gasteiger charge is -2.35. The van der Waals surface area contributed by atoms with E-state index in [1.807, 2.05) is 25.1 Å². The first-order valence-electron chi connectivity index (χ1n) is 8.07. The van der Waals surface area contributed by atoms with Crippen molar-refractivity contribution in [3.05, 3.63) is 42.7 Å². The van der Waals surface area contributed by atoms with E-state index < -0.39 is 0 Å². The van der Waals surface area contributed by atoms with Gasteiger partial charge in [-0.05, 0) is 13.0 Å². The molecule has 9 heteroatoms. The average molecular weight is 338 g/mol. The largest absolute Gasteiger partial charge is 0.360 e. The summed E-state index contributed by atoms with van der Waals surface area (Å²) >= 11 is 0. The summed E-state index contributed by atoms with van der Waals surface area (Å²) in [7, 11) is 0. The molecule has 3 aromatic heterocycles. The minimum absolute atomic E-state index is 0.633. The maximum absolute atomic E-state index is 5.05. The van der Waals surface area contributed by atoms with E-state index in [-0.39, 0.29) is 0 Å². The van der Waals surface area contributed by atoms with Crippen LogP contribution in [0.2, 0.25) is 0 Å². The first-order valence-corrected chi connectivity index (χ1v) is 8.07. The summed E-state index contributed by atoms with van der Waals surface area (Å²) < 4.78 is 5.05. The van der Waals surface area contributed by atoms with Crippen molar-refractivity contribution in [2.24, 2.45) is 0 Å². The van der Waals surface area contributed by atoms with Crippen LogP contribution >= 0.6 is 0 Å². The molecule has 1 aliphatic heterocycles. The van der Waals surface area contributed by atoms with Crippen LogP contribution < -0.4 is 15.1 Å². The van der Waals surface area contributed by atoms with Gasteiger partial charge in [0.2, 0.25) is 5.95 Å². The maximum Gasteiger partial charge on any atom is 0.225 e. The molecule has 1 fully saturated rings. The van der Waals surface area contributed by atoms with Crippen molar-refractivity contribution >= 4 is 23.4 Å². The van der Waals surface area contributed by atoms with Crippen molar-refractivity contribution in [1.29, 1.82) is 0 Å². The van der Waals surface area contributed by atoms with Crippen LogP contribution in [0, 0.1) is 6.92 Å². The van der Waals surface area contributed by atoms with Gasteiger partial charge in [-0.2, -0.15) is 0 Å². The molecule has 0 aliphatic carbocycles. The Morgan fingerprint density at radius 2 is 1.68 bits per heavy atom. The van der Waals surface area contributed by atoms with Crippen molar-refractivity contribution in [2.45, 2.75) is 6.92 Å². The zero-order chi connectivity index (χ0) is 17.1. The summed E-state index contributed by atoms with van der Waals surface area (Å²) in [6.45, 7) is 5.23. The average Bonchev–Trinajstić information content (AvgIpc) is 3.07. The Kier molecular flexibility index (Phi) is 4.11. The minimum Gasteiger partial charge on any atom is -0.360 e. The first-order chi connectivity index (χ1) is 12.3. The van der Waals surface area contributed by atoms with Gasteiger partial charge >= 0.3 is 0 Å². The Morgan fingerprint density at radius 3 is 2.40 bits per heavy atom. The summed E-state index contributed by atoms with van der Waals surface area (Å²) in [6.07, 6.45) is 5.09. The zero-order valence-corrected chi connectivity index (χ0v) is 13.8. The molecule has 0 unspecified atom stereocenters. The number of rotatable bonds is 4. The van der Waals surface area contributed by atoms with E-state index in [1.54, 1.807) is 18.7 Å². The van der Waals surface area contributed by atoms with Crippen LogP contribution in [0.4, 0.5) is 23.4 Å². The van der Waals surface area contributed by atoms with Gasteiger partial charge in [0, 0.05) is 50.7 Å². The van der Waals surface area contributed by atoms with Crippen LogP contribution in [0.1, 0.15) is 5.76 Å². The van der Waals surface area contributed by atoms with Gasteiger partial charge in [-0.15, -0.1) is 0 Å². The third kappa shape index (κ3) is 3.49. The van der Waals surface area contributed by atoms with Gasteiger partial charge in [-0.25, -0.2) is 19.9 Å². The molecule has 3 aromatic rings. The van der Waals surface area contributed by atoms with Gasteiger partial charge in [-0.3, -0.25) is 0 Å². The van der Waals surface area contributed by atoms with E-state index in [0.717, 1.165) is 43.7 Å². The molecule has 0 radical (unpaired) electrons. The smallest absolute Gasteiger partial charge is 0.225 e. The maximum atomic E-state index is 5.05. The molecule has 1 N–H and O–H groups in total. The van der Waals surface area contributed by atoms with E-state index >= 15 is 0 Å². The van der Waals surface area contributed by atoms with E-state index in [1.165, 1.54) is 0 Å². The molecule has 0 amide bonds. The van der Waals surface area contributed by atoms with Crippen molar-refractivity contribution in [3.8, 4) is 0 Å². The fourth-order valence-electron chi connectivity index (χ4n) is 2.73. The standard InChI is InChI=1S/C16H18N8O/c1-12-9-14(22-25-12)21-13-10-15(20-11-19-13)23-5-7-24(8-6-23)16-17-3-2-4-18-16/h2-4,9-11H,5-8H2,1H3,(H,19,20,21,22). The van der Waals surface area contributed by atoms with Crippen molar-refractivity contribution < 1.29 is 4.52 Å². The molecule has 9 nitrogen and oxygen atoms in total. The normalized spacial score (nSPS) is 14.6. The monoisotopic (exact) mass is 338 g/mol. The lowest BCUT2D eigenvalue weighted by atomic mass is 10.3. The Bertz CT molecular complexity index is 829. The number of nitrogens with zero attached hydrogens (tertiary/aromatic N) is 7. The quantitative estimate of drug-likeness (QED) is 0.761. The Labute approximate surface area is 144 Å². The van der Waals surface area contributed by atoms with Crippen molar-refractivity contribution in [1.82, 2.24) is 25.1 Å². The third-order valence-corrected chi connectivity index (χ3v) is 3.98. The molecule has 1 aliphatic rings. The highest BCUT2D eigenvalue weighted by Crippen LogP contribution is 2.20. The Balaban J connectivity index is 1.42. The lowest BCUT2D eigenvalue weighted by Crippen LogP contribution is -2.47. The summed E-state index contributed by atoms with van der Waals surface area (Å²) in [5.74, 6) is 3.72. The Morgan fingerprint density at radius 1 is 0.920 bits per heavy atom. The molecule has 0 spiro atoms. The summed E-state index contributed by atoms with van der Waals surface area (Å²) in [5.41, 5.74) is 0. The van der Waals surface area contributed by atoms with Gasteiger partial charge in [0.25, 0.3) is 0 Å². The molecule has 128 valence electrons. The van der Waals surface area contributed by atoms with Gasteiger partial charge < -0.3 is 19.6 Å². The zero-order valence-electron chi connectivity index (χ0n) is 13.8. The van der Waals surface area contributed by atoms with Gasteiger partial charge in [-0.1, -0.05) is 5.16 Å². The van der Waals surface area contributed by atoms with Gasteiger partial charge in [0.05, 0.1) is 0 Å². The second kappa shape index (κ2) is 6.71. The van der Waals surface area contributed by atoms with Crippen molar-refractivity contribution in [2.75, 3.05) is 41.3 Å². The predicted molar refractivity (Wildman–Crippen MR) is 93.0 cm³/mol. The number of nitrogens with one attached hydrogen (secondary N) is 1. The number of anilines is 4. The highest BCUT2D eigenvalue weighted by atomic mass is 16.5. The summed E-state index contributed by atoms with van der Waals surface area (Å²) in [6, 6.07) is 5.56. The number of hydrogen-bond acceptors (Lipinski definition) is 9. The highest BCUT2D eigenvalue weighted by Gasteiger charge is 2.20. The number of aromatic nitrogens is 5. The van der Waals surface area contributed by atoms with Crippen LogP contribution in [0.15, 0.2) is 41.4 Å². The Hall–Kier alpha value is -3.23. The molecule has 4 rings (SSSR count). The van der Waals surface area contributed by atoms with Crippen molar-refractivity contribution in [3.63, 3.8) is 0 Å². The van der Waals surface area contributed by atoms with E-state index in [4.69, 9.17) is 4.52 Å². The van der Waals surface area contributed by atoms with Gasteiger partial charge in [0.1, 0.15) is 23.7 Å². The SMILES string of the molecule is Cc1cc(Nc2cc(N3CCN(c4ncccn4)CC3)ncn2)no1. The van der Waals surface area contributed by atoms with Crippen LogP contribution in [0.5, 0.6) is 0 Å². The number of piperazine rings is 1. The molecule has 4 heterocycles. The van der Waals surface area contributed by atoms with Crippen LogP contribution in [-0.4, -0.2) is 51.3 Å². The van der Waals surface area contributed by atoms with Crippen LogP contribution in [0.3, 0.4) is 0 Å². The van der Waals surface area contributed by atoms with E-state index in [2.05, 4.69) is 40.2 Å². The first kappa shape index (κ1) is 15.3. The van der Waals surface area contributed by atoms with Crippen LogP contribution in [0.25, 0.3) is 0 Å². The topological polar surface area (TPSA) is 96.1 Å². The fourth-order valence-corrected chi connectivity index (χ4v) is 2.73. The minimum atomic E-state index is 0.633. The summed E-state index contributed by atoms with van der Waals surface area (Å²) in [4.78, 5) is 21.6. The molecule has 25 heavy (non-hydrogen) atoms. The van der Waals surface area contributed by atoms with Gasteiger partial charge in [0.15, 0.2) is 5.82 Å². The third-order valence-electron chi connectivity index (χ3n) is 3.98. The van der Waals surface area contributed by atoms with E-state index in [9.17, 15) is 0 Å². The fraction of sp³-hybridized carbons (Fsp3) is 0.312. The number of aryl methyl sites for hydroxylation is 1. The molecule has 0 aromatic carbocycles. The lowest BCUT2D eigenvalue weighted by molar-refractivity contribution is 0.400. The number of hydrogen-bond donors (Lipinski definition) is 1. The molecule has 0 saturated carbocycles. The van der Waals surface area contributed by atoms with Crippen LogP contribution in [-0.2, 0) is 0 Å². The van der Waals surface area contributed by atoms with E-state index in [0.29, 0.717) is 11.6 Å². The second-order valence-corrected chi connectivity index (χ2v) is 5.73. The highest BCUT2D eigenvalue weighted by molar-refractivity contribution is 5.56. The molecular formula is C16H18N8O. The molecule has 0 atom stereocenters.